The van der Waals surface area contributed by atoms with Gasteiger partial charge in [-0.15, -0.1) is 0 Å². The number of rotatable bonds is 8. The Morgan fingerprint density at radius 2 is 1.91 bits per heavy atom. The molecule has 1 aromatic rings. The smallest absolute Gasteiger partial charge is 0.422 e. The van der Waals surface area contributed by atoms with Crippen LogP contribution in [0.5, 0.6) is 5.75 Å². The van der Waals surface area contributed by atoms with Crippen molar-refractivity contribution in [3.05, 3.63) is 29.8 Å². The van der Waals surface area contributed by atoms with Crippen molar-refractivity contribution in [3.8, 4) is 5.75 Å². The Morgan fingerprint density at radius 1 is 1.17 bits per heavy atom. The van der Waals surface area contributed by atoms with Gasteiger partial charge in [-0.1, -0.05) is 38.0 Å². The molecule has 1 aromatic carbocycles. The average molecular weight is 331 g/mol. The number of aliphatic imine (C=N–C) groups is 1. The van der Waals surface area contributed by atoms with Crippen molar-refractivity contribution in [1.29, 1.82) is 0 Å². The number of halogens is 3. The monoisotopic (exact) mass is 331 g/mol. The van der Waals surface area contributed by atoms with Crippen molar-refractivity contribution in [1.82, 2.24) is 10.6 Å². The maximum Gasteiger partial charge on any atom is 0.422 e. The zero-order chi connectivity index (χ0) is 17.1. The summed E-state index contributed by atoms with van der Waals surface area (Å²) in [6.07, 6.45) is -1.03. The number of para-hydroxylation sites is 1. The molecule has 7 heteroatoms. The van der Waals surface area contributed by atoms with Crippen LogP contribution in [0.15, 0.2) is 29.3 Å². The lowest BCUT2D eigenvalue weighted by atomic mass is 10.2. The van der Waals surface area contributed by atoms with Crippen LogP contribution in [0.1, 0.15) is 31.7 Å². The minimum atomic E-state index is -4.35. The third kappa shape index (κ3) is 8.32. The number of hydrogen-bond donors (Lipinski definition) is 2. The fourth-order valence-corrected chi connectivity index (χ4v) is 1.93. The van der Waals surface area contributed by atoms with Crippen molar-refractivity contribution in [2.45, 2.75) is 38.9 Å². The first-order chi connectivity index (χ1) is 11.0. The molecular formula is C16H24F3N3O. The zero-order valence-electron chi connectivity index (χ0n) is 13.5. The van der Waals surface area contributed by atoms with E-state index in [1.165, 1.54) is 6.07 Å². The highest BCUT2D eigenvalue weighted by Gasteiger charge is 2.28. The van der Waals surface area contributed by atoms with Crippen LogP contribution in [-0.4, -0.2) is 32.3 Å². The van der Waals surface area contributed by atoms with Crippen LogP contribution in [0, 0.1) is 0 Å². The van der Waals surface area contributed by atoms with E-state index in [2.05, 4.69) is 22.5 Å². The second-order valence-corrected chi connectivity index (χ2v) is 5.07. The van der Waals surface area contributed by atoms with Crippen LogP contribution in [0.3, 0.4) is 0 Å². The Labute approximate surface area is 135 Å². The summed E-state index contributed by atoms with van der Waals surface area (Å²) < 4.78 is 41.7. The van der Waals surface area contributed by atoms with E-state index >= 15 is 0 Å². The molecule has 130 valence electrons. The first kappa shape index (κ1) is 19.1. The number of nitrogens with zero attached hydrogens (tertiary/aromatic N) is 1. The third-order valence-electron chi connectivity index (χ3n) is 3.11. The topological polar surface area (TPSA) is 45.7 Å². The maximum absolute atomic E-state index is 12.3. The second-order valence-electron chi connectivity index (χ2n) is 5.07. The highest BCUT2D eigenvalue weighted by atomic mass is 19.4. The molecule has 0 aliphatic carbocycles. The maximum atomic E-state index is 12.3. The molecule has 0 saturated heterocycles. The summed E-state index contributed by atoms with van der Waals surface area (Å²) in [7, 11) is 1.65. The van der Waals surface area contributed by atoms with Gasteiger partial charge >= 0.3 is 6.18 Å². The Bertz CT molecular complexity index is 490. The summed E-state index contributed by atoms with van der Waals surface area (Å²) in [5.74, 6) is 0.838. The van der Waals surface area contributed by atoms with E-state index in [1.807, 2.05) is 0 Å². The number of benzene rings is 1. The minimum absolute atomic E-state index is 0.221. The van der Waals surface area contributed by atoms with E-state index < -0.39 is 12.8 Å². The molecule has 0 amide bonds. The zero-order valence-corrected chi connectivity index (χ0v) is 13.5. The number of guanidine groups is 1. The Hall–Kier alpha value is -1.92. The molecule has 1 rings (SSSR count). The molecule has 0 unspecified atom stereocenters. The molecule has 0 aromatic heterocycles. The molecule has 0 bridgehead atoms. The number of ether oxygens (including phenoxy) is 1. The van der Waals surface area contributed by atoms with Crippen molar-refractivity contribution in [3.63, 3.8) is 0 Å². The van der Waals surface area contributed by atoms with Gasteiger partial charge in [0.1, 0.15) is 5.75 Å². The molecule has 2 N–H and O–H groups in total. The van der Waals surface area contributed by atoms with Gasteiger partial charge in [-0.25, -0.2) is 0 Å². The van der Waals surface area contributed by atoms with Crippen molar-refractivity contribution < 1.29 is 17.9 Å². The SMILES string of the molecule is CCCCCNC(=NC)NCc1ccccc1OCC(F)(F)F. The Balaban J connectivity index is 2.52. The van der Waals surface area contributed by atoms with Gasteiger partial charge in [0.05, 0.1) is 0 Å². The fourth-order valence-electron chi connectivity index (χ4n) is 1.93. The van der Waals surface area contributed by atoms with E-state index in [0.717, 1.165) is 25.8 Å². The van der Waals surface area contributed by atoms with Gasteiger partial charge in [-0.3, -0.25) is 4.99 Å². The summed E-state index contributed by atoms with van der Waals surface area (Å²) in [6.45, 7) is 1.97. The highest BCUT2D eigenvalue weighted by Crippen LogP contribution is 2.21. The van der Waals surface area contributed by atoms with Crippen LogP contribution in [0.25, 0.3) is 0 Å². The average Bonchev–Trinajstić information content (AvgIpc) is 2.52. The first-order valence-corrected chi connectivity index (χ1v) is 7.68. The second kappa shape index (κ2) is 9.97. The van der Waals surface area contributed by atoms with Gasteiger partial charge in [0.2, 0.25) is 0 Å². The van der Waals surface area contributed by atoms with E-state index in [0.29, 0.717) is 18.1 Å². The first-order valence-electron chi connectivity index (χ1n) is 7.68. The molecule has 0 radical (unpaired) electrons. The quantitative estimate of drug-likeness (QED) is 0.435. The van der Waals surface area contributed by atoms with Crippen LogP contribution >= 0.6 is 0 Å². The molecule has 23 heavy (non-hydrogen) atoms. The number of hydrogen-bond acceptors (Lipinski definition) is 2. The van der Waals surface area contributed by atoms with Crippen LogP contribution in [-0.2, 0) is 6.54 Å². The van der Waals surface area contributed by atoms with E-state index in [1.54, 1.807) is 25.2 Å². The Morgan fingerprint density at radius 3 is 2.57 bits per heavy atom. The van der Waals surface area contributed by atoms with E-state index in [4.69, 9.17) is 4.74 Å². The molecule has 4 nitrogen and oxygen atoms in total. The normalized spacial score (nSPS) is 12.1. The fraction of sp³-hybridized carbons (Fsp3) is 0.562. The van der Waals surface area contributed by atoms with Crippen molar-refractivity contribution in [2.24, 2.45) is 4.99 Å². The third-order valence-corrected chi connectivity index (χ3v) is 3.11. The van der Waals surface area contributed by atoms with Crippen LogP contribution in [0.4, 0.5) is 13.2 Å². The Kier molecular flexibility index (Phi) is 8.29. The molecule has 0 saturated carbocycles. The number of alkyl halides is 3. The minimum Gasteiger partial charge on any atom is -0.484 e. The lowest BCUT2D eigenvalue weighted by Gasteiger charge is -2.15. The summed E-state index contributed by atoms with van der Waals surface area (Å²) in [5, 5.41) is 6.25. The van der Waals surface area contributed by atoms with Crippen LogP contribution < -0.4 is 15.4 Å². The highest BCUT2D eigenvalue weighted by molar-refractivity contribution is 5.79. The van der Waals surface area contributed by atoms with Gasteiger partial charge in [0.25, 0.3) is 0 Å². The predicted octanol–water partition coefficient (Wildman–Crippen LogP) is 3.48. The van der Waals surface area contributed by atoms with Crippen molar-refractivity contribution >= 4 is 5.96 Å². The lowest BCUT2D eigenvalue weighted by Crippen LogP contribution is -2.37. The van der Waals surface area contributed by atoms with Gasteiger partial charge in [-0.2, -0.15) is 13.2 Å². The number of nitrogens with one attached hydrogen (secondary N) is 2. The van der Waals surface area contributed by atoms with E-state index in [9.17, 15) is 13.2 Å². The summed E-state index contributed by atoms with van der Waals surface area (Å²) in [5.41, 5.74) is 0.647. The molecule has 0 aliphatic heterocycles. The lowest BCUT2D eigenvalue weighted by molar-refractivity contribution is -0.153. The van der Waals surface area contributed by atoms with Gasteiger partial charge < -0.3 is 15.4 Å². The van der Waals surface area contributed by atoms with Crippen molar-refractivity contribution in [2.75, 3.05) is 20.2 Å². The van der Waals surface area contributed by atoms with E-state index in [-0.39, 0.29) is 5.75 Å². The summed E-state index contributed by atoms with van der Waals surface area (Å²) >= 11 is 0. The molecule has 0 atom stereocenters. The predicted molar refractivity (Wildman–Crippen MR) is 85.7 cm³/mol. The molecule has 0 fully saturated rings. The largest absolute Gasteiger partial charge is 0.484 e. The molecule has 0 spiro atoms. The van der Waals surface area contributed by atoms with Gasteiger partial charge in [0.15, 0.2) is 12.6 Å². The molecule has 0 aliphatic rings. The standard InChI is InChI=1S/C16H24F3N3O/c1-3-4-7-10-21-15(20-2)22-11-13-8-5-6-9-14(13)23-12-16(17,18)19/h5-6,8-9H,3-4,7,10-12H2,1-2H3,(H2,20,21,22). The summed E-state index contributed by atoms with van der Waals surface area (Å²) in [4.78, 5) is 4.09. The van der Waals surface area contributed by atoms with Gasteiger partial charge in [-0.05, 0) is 12.5 Å². The van der Waals surface area contributed by atoms with Gasteiger partial charge in [0, 0.05) is 25.7 Å². The molecule has 0 heterocycles. The van der Waals surface area contributed by atoms with Crippen LogP contribution in [0.2, 0.25) is 0 Å². The summed E-state index contributed by atoms with van der Waals surface area (Å²) in [6, 6.07) is 6.66. The number of unbranched alkanes of at least 4 members (excludes halogenated alkanes) is 2. The molecular weight excluding hydrogens is 307 g/mol.